The third kappa shape index (κ3) is 3.77. The SMILES string of the molecule is Cc1nc(C)c(-c2ccc(=O)n(CC3CCN(c4nc5ccccc5s4)CC3)n2)s1. The maximum Gasteiger partial charge on any atom is 0.266 e. The largest absolute Gasteiger partial charge is 0.348 e. The van der Waals surface area contributed by atoms with Crippen molar-refractivity contribution >= 4 is 38.0 Å². The average Bonchev–Trinajstić information content (AvgIpc) is 3.33. The first-order valence-corrected chi connectivity index (χ1v) is 11.8. The number of hydrogen-bond acceptors (Lipinski definition) is 7. The summed E-state index contributed by atoms with van der Waals surface area (Å²) in [6, 6.07) is 11.7. The second-order valence-corrected chi connectivity index (χ2v) is 9.99. The number of benzene rings is 1. The minimum atomic E-state index is -0.0359. The van der Waals surface area contributed by atoms with E-state index < -0.39 is 0 Å². The molecule has 1 aromatic carbocycles. The molecule has 0 bridgehead atoms. The van der Waals surface area contributed by atoms with E-state index in [4.69, 9.17) is 4.98 Å². The molecule has 0 unspecified atom stereocenters. The van der Waals surface area contributed by atoms with Gasteiger partial charge in [0.05, 0.1) is 25.8 Å². The Morgan fingerprint density at radius 3 is 2.57 bits per heavy atom. The molecule has 0 radical (unpaired) electrons. The molecule has 0 aliphatic carbocycles. The predicted octanol–water partition coefficient (Wildman–Crippen LogP) is 4.51. The van der Waals surface area contributed by atoms with E-state index in [0.29, 0.717) is 12.5 Å². The van der Waals surface area contributed by atoms with Crippen LogP contribution in [0.2, 0.25) is 0 Å². The van der Waals surface area contributed by atoms with Gasteiger partial charge in [0.1, 0.15) is 5.69 Å². The van der Waals surface area contributed by atoms with Crippen LogP contribution in [0.4, 0.5) is 5.13 Å². The summed E-state index contributed by atoms with van der Waals surface area (Å²) in [4.78, 5) is 25.1. The summed E-state index contributed by atoms with van der Waals surface area (Å²) < 4.78 is 2.87. The van der Waals surface area contributed by atoms with Crippen molar-refractivity contribution in [3.8, 4) is 10.6 Å². The normalized spacial score (nSPS) is 15.2. The maximum absolute atomic E-state index is 12.4. The molecular weight excluding hydrogens is 414 g/mol. The summed E-state index contributed by atoms with van der Waals surface area (Å²) >= 11 is 3.38. The molecule has 0 N–H and O–H groups in total. The molecule has 1 aliphatic heterocycles. The number of fused-ring (bicyclic) bond motifs is 1. The molecule has 3 aromatic heterocycles. The molecule has 0 atom stereocenters. The number of aromatic nitrogens is 4. The highest BCUT2D eigenvalue weighted by Crippen LogP contribution is 2.32. The topological polar surface area (TPSA) is 63.9 Å². The van der Waals surface area contributed by atoms with Gasteiger partial charge in [0.2, 0.25) is 0 Å². The Balaban J connectivity index is 1.29. The molecule has 0 saturated carbocycles. The summed E-state index contributed by atoms with van der Waals surface area (Å²) in [6.45, 7) is 6.58. The molecule has 6 nitrogen and oxygen atoms in total. The Bertz CT molecular complexity index is 1220. The lowest BCUT2D eigenvalue weighted by Crippen LogP contribution is -2.36. The first-order chi connectivity index (χ1) is 14.6. The zero-order chi connectivity index (χ0) is 20.7. The third-order valence-electron chi connectivity index (χ3n) is 5.60. The smallest absolute Gasteiger partial charge is 0.266 e. The highest BCUT2D eigenvalue weighted by molar-refractivity contribution is 7.22. The van der Waals surface area contributed by atoms with Crippen LogP contribution in [0.5, 0.6) is 0 Å². The lowest BCUT2D eigenvalue weighted by atomic mass is 9.97. The van der Waals surface area contributed by atoms with Crippen molar-refractivity contribution in [2.45, 2.75) is 33.2 Å². The highest BCUT2D eigenvalue weighted by Gasteiger charge is 2.23. The van der Waals surface area contributed by atoms with Crippen LogP contribution in [-0.2, 0) is 6.54 Å². The van der Waals surface area contributed by atoms with Crippen LogP contribution in [0.15, 0.2) is 41.2 Å². The second-order valence-electron chi connectivity index (χ2n) is 7.78. The fourth-order valence-corrected chi connectivity index (χ4v) is 5.92. The van der Waals surface area contributed by atoms with Crippen molar-refractivity contribution in [2.24, 2.45) is 5.92 Å². The Morgan fingerprint density at radius 2 is 1.83 bits per heavy atom. The van der Waals surface area contributed by atoms with Gasteiger partial charge in [0.25, 0.3) is 5.56 Å². The van der Waals surface area contributed by atoms with Gasteiger partial charge in [-0.25, -0.2) is 14.6 Å². The molecule has 5 rings (SSSR count). The summed E-state index contributed by atoms with van der Waals surface area (Å²) in [5, 5.41) is 6.79. The van der Waals surface area contributed by atoms with Gasteiger partial charge in [-0.1, -0.05) is 23.5 Å². The minimum absolute atomic E-state index is 0.0359. The van der Waals surface area contributed by atoms with E-state index in [0.717, 1.165) is 57.9 Å². The Labute approximate surface area is 182 Å². The number of nitrogens with zero attached hydrogens (tertiary/aromatic N) is 5. The van der Waals surface area contributed by atoms with Crippen LogP contribution in [0.3, 0.4) is 0 Å². The second kappa shape index (κ2) is 7.92. The van der Waals surface area contributed by atoms with E-state index in [-0.39, 0.29) is 5.56 Å². The number of hydrogen-bond donors (Lipinski definition) is 0. The van der Waals surface area contributed by atoms with Crippen molar-refractivity contribution in [2.75, 3.05) is 18.0 Å². The number of aryl methyl sites for hydroxylation is 2. The third-order valence-corrected chi connectivity index (χ3v) is 7.79. The Morgan fingerprint density at radius 1 is 1.03 bits per heavy atom. The molecular formula is C22H23N5OS2. The molecule has 0 amide bonds. The maximum atomic E-state index is 12.4. The van der Waals surface area contributed by atoms with Crippen LogP contribution in [0.1, 0.15) is 23.5 Å². The number of thiazole rings is 2. The fourth-order valence-electron chi connectivity index (χ4n) is 4.02. The minimum Gasteiger partial charge on any atom is -0.348 e. The van der Waals surface area contributed by atoms with E-state index in [2.05, 4.69) is 33.2 Å². The highest BCUT2D eigenvalue weighted by atomic mass is 32.1. The molecule has 30 heavy (non-hydrogen) atoms. The Hall–Kier alpha value is -2.58. The number of para-hydroxylation sites is 1. The summed E-state index contributed by atoms with van der Waals surface area (Å²) in [5.74, 6) is 0.445. The van der Waals surface area contributed by atoms with Crippen molar-refractivity contribution in [3.05, 3.63) is 57.5 Å². The quantitative estimate of drug-likeness (QED) is 0.470. The van der Waals surface area contributed by atoms with Crippen LogP contribution in [0, 0.1) is 19.8 Å². The van der Waals surface area contributed by atoms with E-state index in [9.17, 15) is 4.79 Å². The van der Waals surface area contributed by atoms with E-state index in [1.807, 2.05) is 26.0 Å². The van der Waals surface area contributed by atoms with Crippen molar-refractivity contribution < 1.29 is 0 Å². The van der Waals surface area contributed by atoms with Gasteiger partial charge in [-0.2, -0.15) is 5.10 Å². The van der Waals surface area contributed by atoms with Gasteiger partial charge in [-0.15, -0.1) is 11.3 Å². The van der Waals surface area contributed by atoms with E-state index >= 15 is 0 Å². The summed E-state index contributed by atoms with van der Waals surface area (Å²) in [7, 11) is 0. The van der Waals surface area contributed by atoms with Crippen molar-refractivity contribution in [1.82, 2.24) is 19.7 Å². The molecule has 4 aromatic rings. The van der Waals surface area contributed by atoms with Crippen molar-refractivity contribution in [1.29, 1.82) is 0 Å². The van der Waals surface area contributed by atoms with E-state index in [1.54, 1.807) is 33.4 Å². The van der Waals surface area contributed by atoms with Gasteiger partial charge in [0, 0.05) is 25.7 Å². The molecule has 4 heterocycles. The van der Waals surface area contributed by atoms with Gasteiger partial charge < -0.3 is 4.90 Å². The number of piperidine rings is 1. The first kappa shape index (κ1) is 19.4. The van der Waals surface area contributed by atoms with Crippen molar-refractivity contribution in [3.63, 3.8) is 0 Å². The average molecular weight is 438 g/mol. The molecule has 0 spiro atoms. The lowest BCUT2D eigenvalue weighted by Gasteiger charge is -2.31. The zero-order valence-electron chi connectivity index (χ0n) is 17.0. The Kier molecular flexibility index (Phi) is 5.12. The standard InChI is InChI=1S/C22H23N5OS2/c1-14-21(29-15(2)23-14)18-7-8-20(28)27(25-18)13-16-9-11-26(12-10-16)22-24-17-5-3-4-6-19(17)30-22/h3-8,16H,9-13H2,1-2H3. The monoisotopic (exact) mass is 437 g/mol. The van der Waals surface area contributed by atoms with Gasteiger partial charge >= 0.3 is 0 Å². The zero-order valence-corrected chi connectivity index (χ0v) is 18.7. The number of rotatable bonds is 4. The molecule has 1 saturated heterocycles. The molecule has 1 aliphatic rings. The summed E-state index contributed by atoms with van der Waals surface area (Å²) in [5.41, 5.74) is 2.84. The van der Waals surface area contributed by atoms with Crippen LogP contribution < -0.4 is 10.5 Å². The number of anilines is 1. The van der Waals surface area contributed by atoms with Crippen LogP contribution >= 0.6 is 22.7 Å². The van der Waals surface area contributed by atoms with Gasteiger partial charge in [-0.3, -0.25) is 4.79 Å². The predicted molar refractivity (Wildman–Crippen MR) is 124 cm³/mol. The lowest BCUT2D eigenvalue weighted by molar-refractivity contribution is 0.336. The fraction of sp³-hybridized carbons (Fsp3) is 0.364. The van der Waals surface area contributed by atoms with Gasteiger partial charge in [-0.05, 0) is 50.8 Å². The first-order valence-electron chi connectivity index (χ1n) is 10.2. The molecule has 154 valence electrons. The van der Waals surface area contributed by atoms with Gasteiger partial charge in [0.15, 0.2) is 5.13 Å². The van der Waals surface area contributed by atoms with Crippen LogP contribution in [0.25, 0.3) is 20.8 Å². The van der Waals surface area contributed by atoms with Crippen LogP contribution in [-0.4, -0.2) is 32.8 Å². The van der Waals surface area contributed by atoms with E-state index in [1.165, 1.54) is 4.70 Å². The molecule has 8 heteroatoms. The molecule has 1 fully saturated rings. The summed E-state index contributed by atoms with van der Waals surface area (Å²) in [6.07, 6.45) is 2.07.